The highest BCUT2D eigenvalue weighted by atomic mass is 16.1. The van der Waals surface area contributed by atoms with E-state index in [9.17, 15) is 4.79 Å². The highest BCUT2D eigenvalue weighted by Gasteiger charge is 2.22. The molecule has 0 saturated heterocycles. The van der Waals surface area contributed by atoms with Crippen molar-refractivity contribution < 1.29 is 4.79 Å². The van der Waals surface area contributed by atoms with Gasteiger partial charge < -0.3 is 5.32 Å². The predicted molar refractivity (Wildman–Crippen MR) is 70.8 cm³/mol. The number of nitrogens with one attached hydrogen (secondary N) is 1. The molecule has 0 bridgehead atoms. The lowest BCUT2D eigenvalue weighted by Gasteiger charge is -2.20. The molecule has 2 heteroatoms. The van der Waals surface area contributed by atoms with Gasteiger partial charge in [-0.3, -0.25) is 4.79 Å². The lowest BCUT2D eigenvalue weighted by molar-refractivity contribution is -0.126. The van der Waals surface area contributed by atoms with Crippen molar-refractivity contribution in [3.63, 3.8) is 0 Å². The zero-order valence-electron chi connectivity index (χ0n) is 11.0. The van der Waals surface area contributed by atoms with Gasteiger partial charge in [0.05, 0.1) is 0 Å². The Balaban J connectivity index is 1.77. The smallest absolute Gasteiger partial charge is 0.223 e. The Morgan fingerprint density at radius 3 is 1.71 bits per heavy atom. The van der Waals surface area contributed by atoms with E-state index in [0.717, 1.165) is 12.8 Å². The quantitative estimate of drug-likeness (QED) is 0.727. The summed E-state index contributed by atoms with van der Waals surface area (Å²) in [5.74, 6) is 0.680. The zero-order valence-corrected chi connectivity index (χ0v) is 11.0. The molecule has 1 N–H and O–H groups in total. The van der Waals surface area contributed by atoms with E-state index < -0.39 is 0 Å². The second kappa shape index (κ2) is 7.03. The Hall–Kier alpha value is -0.530. The number of carbonyl (C=O) groups is 1. The monoisotopic (exact) mass is 237 g/mol. The van der Waals surface area contributed by atoms with Crippen LogP contribution in [0.4, 0.5) is 0 Å². The molecule has 0 aliphatic heterocycles. The first-order chi connectivity index (χ1) is 8.36. The van der Waals surface area contributed by atoms with E-state index in [4.69, 9.17) is 0 Å². The minimum atomic E-state index is 0.320. The Kier molecular flexibility index (Phi) is 5.34. The second-order valence-corrected chi connectivity index (χ2v) is 5.89. The molecule has 0 aromatic heterocycles. The van der Waals surface area contributed by atoms with Gasteiger partial charge in [0.1, 0.15) is 0 Å². The summed E-state index contributed by atoms with van der Waals surface area (Å²) in [6.07, 6.45) is 15.1. The fraction of sp³-hybridized carbons (Fsp3) is 0.933. The summed E-state index contributed by atoms with van der Waals surface area (Å²) >= 11 is 0. The third-order valence-corrected chi connectivity index (χ3v) is 4.43. The van der Waals surface area contributed by atoms with Crippen LogP contribution in [0, 0.1) is 5.92 Å². The SMILES string of the molecule is O=C(NC1CCCCCC1)C1CCCCCC1. The summed E-state index contributed by atoms with van der Waals surface area (Å²) in [7, 11) is 0. The van der Waals surface area contributed by atoms with Gasteiger partial charge in [0, 0.05) is 12.0 Å². The second-order valence-electron chi connectivity index (χ2n) is 5.89. The van der Waals surface area contributed by atoms with Crippen molar-refractivity contribution in [3.8, 4) is 0 Å². The maximum atomic E-state index is 12.2. The van der Waals surface area contributed by atoms with Crippen LogP contribution < -0.4 is 5.32 Å². The van der Waals surface area contributed by atoms with Gasteiger partial charge >= 0.3 is 0 Å². The summed E-state index contributed by atoms with van der Waals surface area (Å²) < 4.78 is 0. The molecule has 1 amide bonds. The summed E-state index contributed by atoms with van der Waals surface area (Å²) in [5.41, 5.74) is 0. The molecule has 2 aliphatic carbocycles. The maximum Gasteiger partial charge on any atom is 0.223 e. The molecule has 0 unspecified atom stereocenters. The van der Waals surface area contributed by atoms with Crippen LogP contribution >= 0.6 is 0 Å². The van der Waals surface area contributed by atoms with E-state index in [-0.39, 0.29) is 0 Å². The molecular formula is C15H27NO. The van der Waals surface area contributed by atoms with E-state index >= 15 is 0 Å². The van der Waals surface area contributed by atoms with Crippen LogP contribution in [0.2, 0.25) is 0 Å². The third kappa shape index (κ3) is 4.33. The highest BCUT2D eigenvalue weighted by molar-refractivity contribution is 5.78. The lowest BCUT2D eigenvalue weighted by atomic mass is 9.98. The van der Waals surface area contributed by atoms with Crippen molar-refractivity contribution in [2.45, 2.75) is 83.1 Å². The minimum absolute atomic E-state index is 0.320. The van der Waals surface area contributed by atoms with E-state index in [1.807, 2.05) is 0 Å². The average molecular weight is 237 g/mol. The van der Waals surface area contributed by atoms with Crippen molar-refractivity contribution >= 4 is 5.91 Å². The van der Waals surface area contributed by atoms with Gasteiger partial charge in [-0.1, -0.05) is 51.4 Å². The number of rotatable bonds is 2. The van der Waals surface area contributed by atoms with Gasteiger partial charge in [0.15, 0.2) is 0 Å². The summed E-state index contributed by atoms with van der Waals surface area (Å²) in [6, 6.07) is 0.480. The molecule has 2 rings (SSSR count). The average Bonchev–Trinajstić information content (AvgIpc) is 2.72. The molecule has 0 spiro atoms. The van der Waals surface area contributed by atoms with Gasteiger partial charge in [-0.05, 0) is 25.7 Å². The molecule has 0 radical (unpaired) electrons. The Morgan fingerprint density at radius 2 is 1.18 bits per heavy atom. The lowest BCUT2D eigenvalue weighted by Crippen LogP contribution is -2.38. The standard InChI is InChI=1S/C15H27NO/c17-15(13-9-5-1-2-6-10-13)16-14-11-7-3-4-8-12-14/h13-14H,1-12H2,(H,16,17). The summed E-state index contributed by atoms with van der Waals surface area (Å²) in [4.78, 5) is 12.2. The van der Waals surface area contributed by atoms with Gasteiger partial charge in [-0.2, -0.15) is 0 Å². The van der Waals surface area contributed by atoms with Crippen molar-refractivity contribution in [2.24, 2.45) is 5.92 Å². The molecule has 98 valence electrons. The maximum absolute atomic E-state index is 12.2. The first kappa shape index (κ1) is 12.9. The topological polar surface area (TPSA) is 29.1 Å². The summed E-state index contributed by atoms with van der Waals surface area (Å²) in [6.45, 7) is 0. The van der Waals surface area contributed by atoms with Crippen LogP contribution in [0.15, 0.2) is 0 Å². The molecule has 0 atom stereocenters. The highest BCUT2D eigenvalue weighted by Crippen LogP contribution is 2.24. The van der Waals surface area contributed by atoms with E-state index in [0.29, 0.717) is 17.9 Å². The van der Waals surface area contributed by atoms with Crippen molar-refractivity contribution in [2.75, 3.05) is 0 Å². The van der Waals surface area contributed by atoms with Crippen molar-refractivity contribution in [1.82, 2.24) is 5.32 Å². The molecule has 0 aromatic rings. The minimum Gasteiger partial charge on any atom is -0.353 e. The van der Waals surface area contributed by atoms with Gasteiger partial charge in [-0.15, -0.1) is 0 Å². The third-order valence-electron chi connectivity index (χ3n) is 4.43. The zero-order chi connectivity index (χ0) is 11.9. The molecule has 2 fully saturated rings. The first-order valence-electron chi connectivity index (χ1n) is 7.66. The van der Waals surface area contributed by atoms with Crippen LogP contribution in [-0.4, -0.2) is 11.9 Å². The number of carbonyl (C=O) groups excluding carboxylic acids is 1. The number of amides is 1. The molecule has 2 saturated carbocycles. The molecule has 17 heavy (non-hydrogen) atoms. The van der Waals surface area contributed by atoms with Crippen LogP contribution in [0.25, 0.3) is 0 Å². The van der Waals surface area contributed by atoms with Gasteiger partial charge in [-0.25, -0.2) is 0 Å². The van der Waals surface area contributed by atoms with Crippen LogP contribution in [0.1, 0.15) is 77.0 Å². The molecule has 0 aromatic carbocycles. The van der Waals surface area contributed by atoms with Crippen LogP contribution in [-0.2, 0) is 4.79 Å². The van der Waals surface area contributed by atoms with E-state index in [1.54, 1.807) is 0 Å². The first-order valence-corrected chi connectivity index (χ1v) is 7.66. The Bertz CT molecular complexity index is 223. The van der Waals surface area contributed by atoms with Crippen LogP contribution in [0.3, 0.4) is 0 Å². The fourth-order valence-corrected chi connectivity index (χ4v) is 3.28. The molecular weight excluding hydrogens is 210 g/mol. The Morgan fingerprint density at radius 1 is 0.706 bits per heavy atom. The van der Waals surface area contributed by atoms with Crippen molar-refractivity contribution in [3.05, 3.63) is 0 Å². The summed E-state index contributed by atoms with van der Waals surface area (Å²) in [5, 5.41) is 3.32. The molecule has 2 aliphatic rings. The number of hydrogen-bond donors (Lipinski definition) is 1. The van der Waals surface area contributed by atoms with Gasteiger partial charge in [0.2, 0.25) is 5.91 Å². The largest absolute Gasteiger partial charge is 0.353 e. The fourth-order valence-electron chi connectivity index (χ4n) is 3.28. The molecule has 0 heterocycles. The predicted octanol–water partition coefficient (Wildman–Crippen LogP) is 3.80. The van der Waals surface area contributed by atoms with Gasteiger partial charge in [0.25, 0.3) is 0 Å². The van der Waals surface area contributed by atoms with Crippen LogP contribution in [0.5, 0.6) is 0 Å². The van der Waals surface area contributed by atoms with E-state index in [2.05, 4.69) is 5.32 Å². The number of hydrogen-bond acceptors (Lipinski definition) is 1. The normalized spacial score (nSPS) is 24.9. The van der Waals surface area contributed by atoms with Crippen molar-refractivity contribution in [1.29, 1.82) is 0 Å². The molecule has 2 nitrogen and oxygen atoms in total. The van der Waals surface area contributed by atoms with E-state index in [1.165, 1.54) is 64.2 Å². The Labute approximate surface area is 106 Å².